The minimum atomic E-state index is -0.394. The van der Waals surface area contributed by atoms with Crippen molar-refractivity contribution in [2.45, 2.75) is 40.0 Å². The number of benzene rings is 2. The Hall–Kier alpha value is -5.59. The number of rotatable bonds is 8. The monoisotopic (exact) mass is 871 g/mol. The largest absolute Gasteiger partial charge is 0.505 e. The zero-order valence-corrected chi connectivity index (χ0v) is 40.7. The van der Waals surface area contributed by atoms with Crippen molar-refractivity contribution in [3.8, 4) is 0 Å². The molecule has 2 aliphatic carbocycles. The normalized spacial score (nSPS) is 11.8. The summed E-state index contributed by atoms with van der Waals surface area (Å²) in [4.78, 5) is 30.2. The number of esters is 3. The lowest BCUT2D eigenvalue weighted by Gasteiger charge is -1.96. The molecule has 0 radical (unpaired) electrons. The van der Waals surface area contributed by atoms with Gasteiger partial charge in [-0.15, -0.1) is 6.58 Å². The first-order chi connectivity index (χ1) is 29.4. The number of carbonyl (C=O) groups excluding carboxylic acids is 3. The summed E-state index contributed by atoms with van der Waals surface area (Å²) in [6, 6.07) is 20.2. The molecule has 352 valence electrons. The number of methoxy groups -OCH3 is 8. The van der Waals surface area contributed by atoms with Crippen LogP contribution in [0.3, 0.4) is 0 Å². The Morgan fingerprint density at radius 2 is 0.952 bits per heavy atom. The van der Waals surface area contributed by atoms with E-state index < -0.39 is 5.97 Å². The SMILES string of the molecule is C1=CC2CCC1C2.C=C(C)C(=O)OC.C=C(C)C(=O)OC.C=C(C)c1ccccc1.C=CC(=O)OC.C=CCOC.C=COC.C=Cc1ccccc1.COC.COC.COC. The Morgan fingerprint density at radius 3 is 1.05 bits per heavy atom. The Bertz CT molecular complexity index is 1370. The minimum absolute atomic E-state index is 0.347. The highest BCUT2D eigenvalue weighted by Crippen LogP contribution is 2.38. The number of hydrogen-bond acceptors (Lipinski definition) is 11. The molecule has 1 fully saturated rings. The Balaban J connectivity index is -0.000000109. The topological polar surface area (TPSA) is 125 Å². The first kappa shape index (κ1) is 70.9. The van der Waals surface area contributed by atoms with E-state index in [0.717, 1.165) is 23.5 Å². The second-order valence-electron chi connectivity index (χ2n) is 12.1. The van der Waals surface area contributed by atoms with Crippen molar-refractivity contribution in [3.63, 3.8) is 0 Å². The summed E-state index contributed by atoms with van der Waals surface area (Å²) in [6.07, 6.45) is 15.2. The van der Waals surface area contributed by atoms with E-state index in [2.05, 4.69) is 108 Å². The quantitative estimate of drug-likeness (QED) is 0.0827. The molecule has 0 amide bonds. The van der Waals surface area contributed by atoms with E-state index in [1.165, 1.54) is 58.0 Å². The van der Waals surface area contributed by atoms with Crippen LogP contribution in [-0.4, -0.2) is 103 Å². The molecule has 4 rings (SSSR count). The van der Waals surface area contributed by atoms with E-state index >= 15 is 0 Å². The molecule has 2 bridgehead atoms. The molecule has 0 N–H and O–H groups in total. The third kappa shape index (κ3) is 63.6. The number of ether oxygens (including phenoxy) is 8. The molecule has 2 unspecified atom stereocenters. The minimum Gasteiger partial charge on any atom is -0.505 e. The molecule has 62 heavy (non-hydrogen) atoms. The van der Waals surface area contributed by atoms with Gasteiger partial charge in [-0.05, 0) is 63.0 Å². The highest BCUT2D eigenvalue weighted by Gasteiger charge is 2.25. The van der Waals surface area contributed by atoms with Crippen molar-refractivity contribution in [1.82, 2.24) is 0 Å². The summed E-state index contributed by atoms with van der Waals surface area (Å²) in [5.41, 5.74) is 4.38. The number of fused-ring (bicyclic) bond motifs is 2. The van der Waals surface area contributed by atoms with Crippen LogP contribution in [-0.2, 0) is 52.3 Å². The number of carbonyl (C=O) groups is 3. The maximum Gasteiger partial charge on any atom is 0.332 e. The van der Waals surface area contributed by atoms with E-state index in [1.807, 2.05) is 61.5 Å². The molecular formula is C51H82O11. The predicted octanol–water partition coefficient (Wildman–Crippen LogP) is 11.2. The smallest absolute Gasteiger partial charge is 0.332 e. The van der Waals surface area contributed by atoms with Gasteiger partial charge in [0, 0.05) is 67.0 Å². The summed E-state index contributed by atoms with van der Waals surface area (Å²) in [5, 5.41) is 0. The fourth-order valence-corrected chi connectivity index (χ4v) is 3.58. The summed E-state index contributed by atoms with van der Waals surface area (Å²) >= 11 is 0. The molecule has 0 spiro atoms. The van der Waals surface area contributed by atoms with Crippen LogP contribution in [0.5, 0.6) is 0 Å². The van der Waals surface area contributed by atoms with Crippen molar-refractivity contribution in [2.75, 3.05) is 84.8 Å². The molecule has 2 aromatic carbocycles. The first-order valence-electron chi connectivity index (χ1n) is 19.1. The van der Waals surface area contributed by atoms with Gasteiger partial charge < -0.3 is 37.9 Å². The van der Waals surface area contributed by atoms with Crippen molar-refractivity contribution in [3.05, 3.63) is 160 Å². The van der Waals surface area contributed by atoms with Crippen LogP contribution in [0.1, 0.15) is 51.2 Å². The highest BCUT2D eigenvalue weighted by atomic mass is 16.5. The van der Waals surface area contributed by atoms with Crippen LogP contribution in [0.2, 0.25) is 0 Å². The average molecular weight is 871 g/mol. The number of hydrogen-bond donors (Lipinski definition) is 0. The van der Waals surface area contributed by atoms with Crippen molar-refractivity contribution in [1.29, 1.82) is 0 Å². The van der Waals surface area contributed by atoms with Crippen LogP contribution in [0.4, 0.5) is 0 Å². The molecule has 11 heteroatoms. The van der Waals surface area contributed by atoms with Crippen molar-refractivity contribution in [2.24, 2.45) is 11.8 Å². The fourth-order valence-electron chi connectivity index (χ4n) is 3.58. The van der Waals surface area contributed by atoms with Gasteiger partial charge in [0.2, 0.25) is 0 Å². The third-order valence-corrected chi connectivity index (χ3v) is 6.36. The fraction of sp³-hybridized carbons (Fsp3) is 0.392. The van der Waals surface area contributed by atoms with Gasteiger partial charge in [0.1, 0.15) is 0 Å². The zero-order valence-electron chi connectivity index (χ0n) is 40.7. The average Bonchev–Trinajstić information content (AvgIpc) is 3.96. The zero-order chi connectivity index (χ0) is 49.6. The summed E-state index contributed by atoms with van der Waals surface area (Å²) in [7, 11) is 16.9. The van der Waals surface area contributed by atoms with Gasteiger partial charge in [-0.2, -0.15) is 0 Å². The highest BCUT2D eigenvalue weighted by molar-refractivity contribution is 5.87. The molecule has 2 aromatic rings. The van der Waals surface area contributed by atoms with E-state index in [-0.39, 0.29) is 11.9 Å². The van der Waals surface area contributed by atoms with Crippen LogP contribution in [0.25, 0.3) is 11.6 Å². The second-order valence-corrected chi connectivity index (χ2v) is 12.1. The summed E-state index contributed by atoms with van der Waals surface area (Å²) in [6.45, 7) is 29.9. The van der Waals surface area contributed by atoms with E-state index in [9.17, 15) is 14.4 Å². The summed E-state index contributed by atoms with van der Waals surface area (Å²) < 4.78 is 34.3. The Labute approximate surface area is 377 Å². The molecule has 0 heterocycles. The van der Waals surface area contributed by atoms with E-state index in [1.54, 1.807) is 76.8 Å². The van der Waals surface area contributed by atoms with Gasteiger partial charge in [-0.1, -0.05) is 130 Å². The lowest BCUT2D eigenvalue weighted by Crippen LogP contribution is -1.98. The maximum absolute atomic E-state index is 10.2. The van der Waals surface area contributed by atoms with Gasteiger partial charge in [0.25, 0.3) is 0 Å². The Morgan fingerprint density at radius 1 is 0.597 bits per heavy atom. The van der Waals surface area contributed by atoms with Crippen molar-refractivity contribution < 1.29 is 52.3 Å². The van der Waals surface area contributed by atoms with Gasteiger partial charge in [-0.3, -0.25) is 0 Å². The van der Waals surface area contributed by atoms with Crippen LogP contribution in [0, 0.1) is 11.8 Å². The third-order valence-electron chi connectivity index (χ3n) is 6.36. The molecule has 1 saturated carbocycles. The lowest BCUT2D eigenvalue weighted by molar-refractivity contribution is -0.136. The van der Waals surface area contributed by atoms with E-state index in [0.29, 0.717) is 17.8 Å². The standard InChI is InChI=1S/C9H10.C8H8.C7H10.2C5H8O2.C4H6O2.C4H8O.C3H6O.3C2H6O/c1-8(2)9-6-4-3-5-7-9;1-2-8-6-4-3-5-7-8;1-2-7-4-3-6(1)5-7;2*1-4(2)5(6)7-3;1-3-4(5)6-2;1-3-4-5-2;1-3-4-2;3*1-3-2/h3-7H,1H2,2H3;2-7H,1H2;1-2,6-7H,3-5H2;2*1H2,2-3H3;3H,1H2,2H3;3H,1,4H2,2H3;3H,1H2,2H3;3*1-2H3. The maximum atomic E-state index is 10.2. The van der Waals surface area contributed by atoms with Gasteiger partial charge in [0.05, 0.1) is 41.3 Å². The van der Waals surface area contributed by atoms with Gasteiger partial charge in [-0.25, -0.2) is 14.4 Å². The van der Waals surface area contributed by atoms with Crippen LogP contribution >= 0.6 is 0 Å². The van der Waals surface area contributed by atoms with Crippen LogP contribution in [0.15, 0.2) is 148 Å². The molecule has 2 atom stereocenters. The molecule has 0 aliphatic heterocycles. The molecule has 0 saturated heterocycles. The molecule has 0 aromatic heterocycles. The van der Waals surface area contributed by atoms with Crippen LogP contribution < -0.4 is 0 Å². The van der Waals surface area contributed by atoms with E-state index in [4.69, 9.17) is 0 Å². The van der Waals surface area contributed by atoms with Gasteiger partial charge >= 0.3 is 17.9 Å². The lowest BCUT2D eigenvalue weighted by atomic mass is 10.1. The predicted molar refractivity (Wildman–Crippen MR) is 262 cm³/mol. The molecule has 11 nitrogen and oxygen atoms in total. The van der Waals surface area contributed by atoms with Crippen molar-refractivity contribution >= 4 is 29.6 Å². The number of allylic oxidation sites excluding steroid dienone is 3. The molecular weight excluding hydrogens is 789 g/mol. The summed E-state index contributed by atoms with van der Waals surface area (Å²) in [5.74, 6) is 0.894. The second kappa shape index (κ2) is 59.7. The Kier molecular flexibility index (Phi) is 68.3. The molecule has 2 aliphatic rings. The first-order valence-corrected chi connectivity index (χ1v) is 19.1. The van der Waals surface area contributed by atoms with Gasteiger partial charge in [0.15, 0.2) is 0 Å².